The summed E-state index contributed by atoms with van der Waals surface area (Å²) in [6, 6.07) is 9.61. The summed E-state index contributed by atoms with van der Waals surface area (Å²) in [5.74, 6) is 0.140. The minimum absolute atomic E-state index is 0.0157. The zero-order valence-electron chi connectivity index (χ0n) is 8.59. The van der Waals surface area contributed by atoms with Crippen molar-refractivity contribution in [2.45, 2.75) is 4.90 Å². The fourth-order valence-corrected chi connectivity index (χ4v) is 1.69. The second-order valence-corrected chi connectivity index (χ2v) is 4.02. The van der Waals surface area contributed by atoms with Gasteiger partial charge in [0.1, 0.15) is 0 Å². The van der Waals surface area contributed by atoms with Gasteiger partial charge in [0.05, 0.1) is 12.3 Å². The number of nitrogens with two attached hydrogens (primary N) is 1. The van der Waals surface area contributed by atoms with E-state index in [0.717, 1.165) is 4.90 Å². The first-order valence-electron chi connectivity index (χ1n) is 4.63. The van der Waals surface area contributed by atoms with Crippen LogP contribution < -0.4 is 11.1 Å². The highest BCUT2D eigenvalue weighted by molar-refractivity contribution is 8.00. The summed E-state index contributed by atoms with van der Waals surface area (Å²) in [7, 11) is 0. The molecule has 6 heteroatoms. The third kappa shape index (κ3) is 4.70. The van der Waals surface area contributed by atoms with Crippen molar-refractivity contribution in [1.29, 1.82) is 0 Å². The van der Waals surface area contributed by atoms with Crippen molar-refractivity contribution >= 4 is 23.5 Å². The molecule has 0 heterocycles. The van der Waals surface area contributed by atoms with Gasteiger partial charge in [-0.2, -0.15) is 0 Å². The fraction of sp³-hybridized carbons (Fsp3) is 0.200. The number of hydrogen-bond acceptors (Lipinski definition) is 4. The van der Waals surface area contributed by atoms with Crippen LogP contribution in [0, 0.1) is 0 Å². The number of amidine groups is 1. The maximum atomic E-state index is 11.3. The molecular formula is C10H13N3O2S. The molecule has 4 N–H and O–H groups in total. The lowest BCUT2D eigenvalue weighted by molar-refractivity contribution is -0.118. The number of thioether (sulfide) groups is 1. The second kappa shape index (κ2) is 6.73. The maximum Gasteiger partial charge on any atom is 0.230 e. The van der Waals surface area contributed by atoms with Crippen molar-refractivity contribution in [2.75, 3.05) is 12.3 Å². The van der Waals surface area contributed by atoms with Crippen LogP contribution in [0.5, 0.6) is 0 Å². The number of nitrogens with one attached hydrogen (secondary N) is 1. The van der Waals surface area contributed by atoms with Crippen LogP contribution in [-0.2, 0) is 4.79 Å². The Bertz CT molecular complexity index is 368. The molecule has 16 heavy (non-hydrogen) atoms. The average Bonchev–Trinajstić information content (AvgIpc) is 2.34. The molecule has 0 aliphatic heterocycles. The molecule has 0 spiro atoms. The summed E-state index contributed by atoms with van der Waals surface area (Å²) in [6.45, 7) is 0.0602. The number of benzene rings is 1. The number of hydrogen-bond donors (Lipinski definition) is 3. The van der Waals surface area contributed by atoms with Crippen LogP contribution in [-0.4, -0.2) is 29.2 Å². The van der Waals surface area contributed by atoms with Crippen molar-refractivity contribution < 1.29 is 10.0 Å². The van der Waals surface area contributed by atoms with E-state index in [2.05, 4.69) is 10.5 Å². The van der Waals surface area contributed by atoms with Gasteiger partial charge in [-0.25, -0.2) is 0 Å². The summed E-state index contributed by atoms with van der Waals surface area (Å²) in [5.41, 5.74) is 5.21. The average molecular weight is 239 g/mol. The van der Waals surface area contributed by atoms with Crippen LogP contribution in [0.1, 0.15) is 0 Å². The van der Waals surface area contributed by atoms with Gasteiger partial charge < -0.3 is 16.3 Å². The minimum atomic E-state index is -0.152. The molecule has 86 valence electrons. The quantitative estimate of drug-likeness (QED) is 0.231. The molecule has 0 saturated carbocycles. The maximum absolute atomic E-state index is 11.3. The van der Waals surface area contributed by atoms with Gasteiger partial charge in [0.15, 0.2) is 5.84 Å². The Morgan fingerprint density at radius 3 is 2.75 bits per heavy atom. The van der Waals surface area contributed by atoms with Crippen molar-refractivity contribution in [3.05, 3.63) is 30.3 Å². The molecule has 1 aromatic carbocycles. The van der Waals surface area contributed by atoms with Crippen LogP contribution in [0.15, 0.2) is 40.4 Å². The smallest absolute Gasteiger partial charge is 0.230 e. The van der Waals surface area contributed by atoms with Crippen molar-refractivity contribution in [3.8, 4) is 0 Å². The summed E-state index contributed by atoms with van der Waals surface area (Å²) in [4.78, 5) is 12.3. The van der Waals surface area contributed by atoms with Crippen molar-refractivity contribution in [2.24, 2.45) is 10.9 Å². The molecule has 0 radical (unpaired) electrons. The fourth-order valence-electron chi connectivity index (χ4n) is 0.941. The predicted octanol–water partition coefficient (Wildman–Crippen LogP) is 0.641. The van der Waals surface area contributed by atoms with E-state index in [1.54, 1.807) is 0 Å². The number of oxime groups is 1. The van der Waals surface area contributed by atoms with Crippen LogP contribution in [0.2, 0.25) is 0 Å². The van der Waals surface area contributed by atoms with Crippen LogP contribution >= 0.6 is 11.8 Å². The number of rotatable bonds is 5. The summed E-state index contributed by atoms with van der Waals surface area (Å²) in [5, 5.41) is 13.5. The van der Waals surface area contributed by atoms with Gasteiger partial charge in [-0.15, -0.1) is 11.8 Å². The Morgan fingerprint density at radius 2 is 2.12 bits per heavy atom. The van der Waals surface area contributed by atoms with E-state index in [4.69, 9.17) is 10.9 Å². The number of carbonyl (C=O) groups is 1. The first kappa shape index (κ1) is 12.4. The highest BCUT2D eigenvalue weighted by atomic mass is 32.2. The molecule has 0 aliphatic carbocycles. The zero-order chi connectivity index (χ0) is 11.8. The lowest BCUT2D eigenvalue weighted by atomic mass is 10.4. The summed E-state index contributed by atoms with van der Waals surface area (Å²) in [6.07, 6.45) is 0. The number of nitrogens with zero attached hydrogens (tertiary/aromatic N) is 1. The Labute approximate surface area is 97.7 Å². The standard InChI is InChI=1S/C10H13N3O2S/c11-9(13-15)6-12-10(14)7-16-8-4-2-1-3-5-8/h1-5,15H,6-7H2,(H2,11,13)(H,12,14). The molecule has 1 amide bonds. The SMILES string of the molecule is NC(CNC(=O)CSc1ccccc1)=NO. The van der Waals surface area contributed by atoms with Gasteiger partial charge >= 0.3 is 0 Å². The topological polar surface area (TPSA) is 87.7 Å². The van der Waals surface area contributed by atoms with E-state index in [9.17, 15) is 4.79 Å². The predicted molar refractivity (Wildman–Crippen MR) is 63.6 cm³/mol. The molecule has 0 fully saturated rings. The minimum Gasteiger partial charge on any atom is -0.409 e. The molecule has 0 aliphatic rings. The third-order valence-electron chi connectivity index (χ3n) is 1.71. The third-order valence-corrected chi connectivity index (χ3v) is 2.72. The summed E-state index contributed by atoms with van der Waals surface area (Å²) >= 11 is 1.43. The molecule has 0 aromatic heterocycles. The number of amides is 1. The summed E-state index contributed by atoms with van der Waals surface area (Å²) < 4.78 is 0. The van der Waals surface area contributed by atoms with E-state index in [1.165, 1.54) is 11.8 Å². The molecule has 0 saturated heterocycles. The zero-order valence-corrected chi connectivity index (χ0v) is 9.41. The monoisotopic (exact) mass is 239 g/mol. The van der Waals surface area contributed by atoms with E-state index < -0.39 is 0 Å². The Morgan fingerprint density at radius 1 is 1.44 bits per heavy atom. The lowest BCUT2D eigenvalue weighted by Crippen LogP contribution is -2.34. The van der Waals surface area contributed by atoms with E-state index in [0.29, 0.717) is 5.75 Å². The normalized spacial score (nSPS) is 11.1. The van der Waals surface area contributed by atoms with Gasteiger partial charge in [0.2, 0.25) is 5.91 Å². The van der Waals surface area contributed by atoms with Crippen LogP contribution in [0.25, 0.3) is 0 Å². The highest BCUT2D eigenvalue weighted by Crippen LogP contribution is 2.15. The van der Waals surface area contributed by atoms with Crippen LogP contribution in [0.3, 0.4) is 0 Å². The Kier molecular flexibility index (Phi) is 5.21. The Hall–Kier alpha value is -1.69. The van der Waals surface area contributed by atoms with Gasteiger partial charge in [-0.1, -0.05) is 23.4 Å². The van der Waals surface area contributed by atoms with Gasteiger partial charge in [-0.05, 0) is 12.1 Å². The first-order valence-corrected chi connectivity index (χ1v) is 5.62. The first-order chi connectivity index (χ1) is 7.72. The molecule has 1 rings (SSSR count). The second-order valence-electron chi connectivity index (χ2n) is 2.97. The molecule has 5 nitrogen and oxygen atoms in total. The lowest BCUT2D eigenvalue weighted by Gasteiger charge is -2.03. The van der Waals surface area contributed by atoms with Crippen molar-refractivity contribution in [3.63, 3.8) is 0 Å². The molecule has 1 aromatic rings. The van der Waals surface area contributed by atoms with Gasteiger partial charge in [0, 0.05) is 4.90 Å². The highest BCUT2D eigenvalue weighted by Gasteiger charge is 2.02. The largest absolute Gasteiger partial charge is 0.409 e. The van der Waals surface area contributed by atoms with E-state index >= 15 is 0 Å². The molecule has 0 bridgehead atoms. The van der Waals surface area contributed by atoms with E-state index in [1.807, 2.05) is 30.3 Å². The number of carbonyl (C=O) groups excluding carboxylic acids is 1. The van der Waals surface area contributed by atoms with Crippen LogP contribution in [0.4, 0.5) is 0 Å². The molecular weight excluding hydrogens is 226 g/mol. The van der Waals surface area contributed by atoms with Gasteiger partial charge in [-0.3, -0.25) is 4.79 Å². The molecule has 0 unspecified atom stereocenters. The van der Waals surface area contributed by atoms with E-state index in [-0.39, 0.29) is 18.3 Å². The van der Waals surface area contributed by atoms with Crippen molar-refractivity contribution in [1.82, 2.24) is 5.32 Å². The Balaban J connectivity index is 2.26. The van der Waals surface area contributed by atoms with Gasteiger partial charge in [0.25, 0.3) is 0 Å². The molecule has 0 atom stereocenters.